The van der Waals surface area contributed by atoms with Crippen molar-refractivity contribution >= 4 is 6.09 Å². The highest BCUT2D eigenvalue weighted by atomic mass is 16.6. The first-order valence-electron chi connectivity index (χ1n) is 9.66. The van der Waals surface area contributed by atoms with E-state index in [2.05, 4.69) is 36.5 Å². The van der Waals surface area contributed by atoms with E-state index in [0.717, 1.165) is 25.9 Å². The molecule has 4 heteroatoms. The highest BCUT2D eigenvalue weighted by molar-refractivity contribution is 5.68. The van der Waals surface area contributed by atoms with Gasteiger partial charge < -0.3 is 15.0 Å². The van der Waals surface area contributed by atoms with Gasteiger partial charge in [-0.3, -0.25) is 0 Å². The van der Waals surface area contributed by atoms with Crippen LogP contribution in [0.25, 0.3) is 0 Å². The molecule has 3 atom stereocenters. The summed E-state index contributed by atoms with van der Waals surface area (Å²) in [6.07, 6.45) is 4.35. The van der Waals surface area contributed by atoms with Gasteiger partial charge in [-0.05, 0) is 63.5 Å². The molecule has 1 aliphatic carbocycles. The van der Waals surface area contributed by atoms with Gasteiger partial charge in [0.1, 0.15) is 5.60 Å². The normalized spacial score (nSPS) is 26.9. The molecule has 0 radical (unpaired) electrons. The number of benzene rings is 1. The molecule has 0 spiro atoms. The third-order valence-corrected chi connectivity index (χ3v) is 5.30. The molecule has 3 unspecified atom stereocenters. The number of fused-ring (bicyclic) bond motifs is 1. The number of hydrogen-bond acceptors (Lipinski definition) is 3. The maximum Gasteiger partial charge on any atom is 0.410 e. The van der Waals surface area contributed by atoms with Gasteiger partial charge in [-0.2, -0.15) is 0 Å². The molecule has 138 valence electrons. The fourth-order valence-corrected chi connectivity index (χ4v) is 4.07. The van der Waals surface area contributed by atoms with E-state index in [9.17, 15) is 4.79 Å². The average molecular weight is 344 g/mol. The number of carbonyl (C=O) groups is 1. The van der Waals surface area contributed by atoms with Crippen LogP contribution in [-0.2, 0) is 4.74 Å². The SMILES string of the molecule is CC1CCC(NC2CCCN(C(=O)OC(C)(C)C)C2)c2ccccc21. The van der Waals surface area contributed by atoms with Crippen molar-refractivity contribution in [1.82, 2.24) is 10.2 Å². The minimum absolute atomic E-state index is 0.184. The number of nitrogens with zero attached hydrogens (tertiary/aromatic N) is 1. The predicted octanol–water partition coefficient (Wildman–Crippen LogP) is 4.61. The maximum absolute atomic E-state index is 12.4. The lowest BCUT2D eigenvalue weighted by atomic mass is 9.80. The first-order chi connectivity index (χ1) is 11.8. The van der Waals surface area contributed by atoms with E-state index in [4.69, 9.17) is 4.74 Å². The molecule has 1 amide bonds. The van der Waals surface area contributed by atoms with Crippen molar-refractivity contribution < 1.29 is 9.53 Å². The lowest BCUT2D eigenvalue weighted by Gasteiger charge is -2.38. The van der Waals surface area contributed by atoms with Crippen LogP contribution in [0.3, 0.4) is 0 Å². The Labute approximate surface area is 151 Å². The zero-order valence-electron chi connectivity index (χ0n) is 16.0. The largest absolute Gasteiger partial charge is 0.444 e. The third kappa shape index (κ3) is 4.55. The molecule has 1 fully saturated rings. The van der Waals surface area contributed by atoms with Crippen LogP contribution >= 0.6 is 0 Å². The summed E-state index contributed by atoms with van der Waals surface area (Å²) in [4.78, 5) is 14.2. The Morgan fingerprint density at radius 2 is 1.88 bits per heavy atom. The number of carbonyl (C=O) groups excluding carboxylic acids is 1. The summed E-state index contributed by atoms with van der Waals surface area (Å²) in [6, 6.07) is 9.55. The predicted molar refractivity (Wildman–Crippen MR) is 101 cm³/mol. The minimum Gasteiger partial charge on any atom is -0.444 e. The highest BCUT2D eigenvalue weighted by Gasteiger charge is 2.31. The summed E-state index contributed by atoms with van der Waals surface area (Å²) in [5.41, 5.74) is 2.48. The van der Waals surface area contributed by atoms with Gasteiger partial charge in [0.05, 0.1) is 0 Å². The van der Waals surface area contributed by atoms with Gasteiger partial charge in [0, 0.05) is 25.2 Å². The quantitative estimate of drug-likeness (QED) is 0.851. The van der Waals surface area contributed by atoms with E-state index in [-0.39, 0.29) is 6.09 Å². The summed E-state index contributed by atoms with van der Waals surface area (Å²) in [6.45, 7) is 9.62. The molecule has 0 bridgehead atoms. The molecular formula is C21H32N2O2. The topological polar surface area (TPSA) is 41.6 Å². The van der Waals surface area contributed by atoms with Crippen molar-refractivity contribution in [3.63, 3.8) is 0 Å². The van der Waals surface area contributed by atoms with Crippen molar-refractivity contribution in [3.05, 3.63) is 35.4 Å². The molecule has 4 nitrogen and oxygen atoms in total. The summed E-state index contributed by atoms with van der Waals surface area (Å²) in [5.74, 6) is 0.638. The second kappa shape index (κ2) is 7.36. The van der Waals surface area contributed by atoms with Crippen molar-refractivity contribution in [1.29, 1.82) is 0 Å². The van der Waals surface area contributed by atoms with Gasteiger partial charge in [0.15, 0.2) is 0 Å². The number of likely N-dealkylation sites (tertiary alicyclic amines) is 1. The molecule has 1 aromatic rings. The standard InChI is InChI=1S/C21H32N2O2/c1-15-11-12-19(18-10-6-5-9-17(15)18)22-16-8-7-13-23(14-16)20(24)25-21(2,3)4/h5-6,9-10,15-16,19,22H,7-8,11-14H2,1-4H3. The van der Waals surface area contributed by atoms with E-state index in [1.165, 1.54) is 24.0 Å². The summed E-state index contributed by atoms with van der Waals surface area (Å²) in [7, 11) is 0. The van der Waals surface area contributed by atoms with E-state index < -0.39 is 5.60 Å². The second-order valence-electron chi connectivity index (χ2n) is 8.59. The first kappa shape index (κ1) is 18.2. The molecule has 0 aromatic heterocycles. The van der Waals surface area contributed by atoms with Gasteiger partial charge in [-0.1, -0.05) is 31.2 Å². The molecule has 1 heterocycles. The summed E-state index contributed by atoms with van der Waals surface area (Å²) < 4.78 is 5.55. The lowest BCUT2D eigenvalue weighted by Crippen LogP contribution is -2.50. The number of piperidine rings is 1. The number of amides is 1. The number of rotatable bonds is 2. The van der Waals surface area contributed by atoms with Crippen molar-refractivity contribution in [2.24, 2.45) is 0 Å². The van der Waals surface area contributed by atoms with Gasteiger partial charge in [0.2, 0.25) is 0 Å². The highest BCUT2D eigenvalue weighted by Crippen LogP contribution is 2.37. The van der Waals surface area contributed by atoms with Crippen molar-refractivity contribution in [3.8, 4) is 0 Å². The van der Waals surface area contributed by atoms with E-state index in [1.807, 2.05) is 25.7 Å². The van der Waals surface area contributed by atoms with Gasteiger partial charge in [-0.15, -0.1) is 0 Å². The van der Waals surface area contributed by atoms with Crippen LogP contribution in [0.5, 0.6) is 0 Å². The fourth-order valence-electron chi connectivity index (χ4n) is 4.07. The van der Waals surface area contributed by atoms with Gasteiger partial charge in [-0.25, -0.2) is 4.79 Å². The number of nitrogens with one attached hydrogen (secondary N) is 1. The Kier molecular flexibility index (Phi) is 5.38. The minimum atomic E-state index is -0.435. The third-order valence-electron chi connectivity index (χ3n) is 5.30. The molecule has 3 rings (SSSR count). The number of hydrogen-bond donors (Lipinski definition) is 1. The Morgan fingerprint density at radius 3 is 2.60 bits per heavy atom. The van der Waals surface area contributed by atoms with Crippen LogP contribution in [0.1, 0.15) is 76.5 Å². The monoisotopic (exact) mass is 344 g/mol. The number of ether oxygens (including phenoxy) is 1. The van der Waals surface area contributed by atoms with Crippen molar-refractivity contribution in [2.75, 3.05) is 13.1 Å². The van der Waals surface area contributed by atoms with Gasteiger partial charge >= 0.3 is 6.09 Å². The van der Waals surface area contributed by atoms with Crippen molar-refractivity contribution in [2.45, 2.75) is 77.0 Å². The second-order valence-corrected chi connectivity index (χ2v) is 8.59. The Bertz CT molecular complexity index is 608. The Hall–Kier alpha value is -1.55. The zero-order chi connectivity index (χ0) is 18.0. The van der Waals surface area contributed by atoms with E-state index in [0.29, 0.717) is 18.0 Å². The molecule has 25 heavy (non-hydrogen) atoms. The fraction of sp³-hybridized carbons (Fsp3) is 0.667. The van der Waals surface area contributed by atoms with Crippen LogP contribution in [0.15, 0.2) is 24.3 Å². The zero-order valence-corrected chi connectivity index (χ0v) is 16.0. The van der Waals surface area contributed by atoms with Crippen LogP contribution < -0.4 is 5.32 Å². The average Bonchev–Trinajstić information content (AvgIpc) is 2.56. The van der Waals surface area contributed by atoms with E-state index >= 15 is 0 Å². The summed E-state index contributed by atoms with van der Waals surface area (Å²) >= 11 is 0. The molecule has 1 saturated heterocycles. The van der Waals surface area contributed by atoms with Crippen LogP contribution in [0.4, 0.5) is 4.79 Å². The molecular weight excluding hydrogens is 312 g/mol. The molecule has 1 aliphatic heterocycles. The van der Waals surface area contributed by atoms with Crippen LogP contribution in [-0.4, -0.2) is 35.7 Å². The Morgan fingerprint density at radius 1 is 1.16 bits per heavy atom. The smallest absolute Gasteiger partial charge is 0.410 e. The molecule has 0 saturated carbocycles. The lowest BCUT2D eigenvalue weighted by molar-refractivity contribution is 0.0182. The van der Waals surface area contributed by atoms with Crippen LogP contribution in [0, 0.1) is 0 Å². The maximum atomic E-state index is 12.4. The van der Waals surface area contributed by atoms with E-state index in [1.54, 1.807) is 0 Å². The first-order valence-corrected chi connectivity index (χ1v) is 9.66. The molecule has 1 N–H and O–H groups in total. The summed E-state index contributed by atoms with van der Waals surface area (Å²) in [5, 5.41) is 3.83. The molecule has 2 aliphatic rings. The van der Waals surface area contributed by atoms with Crippen LogP contribution in [0.2, 0.25) is 0 Å². The Balaban J connectivity index is 1.64. The van der Waals surface area contributed by atoms with Gasteiger partial charge in [0.25, 0.3) is 0 Å². The molecule has 1 aromatic carbocycles.